The number of nitrogens with one attached hydrogen (secondary N) is 1. The zero-order valence-electron chi connectivity index (χ0n) is 17.4. The summed E-state index contributed by atoms with van der Waals surface area (Å²) in [6.07, 6.45) is 2.49. The minimum absolute atomic E-state index is 0. The van der Waals surface area contributed by atoms with Gasteiger partial charge in [0.1, 0.15) is 11.5 Å². The summed E-state index contributed by atoms with van der Waals surface area (Å²) >= 11 is 0. The Morgan fingerprint density at radius 2 is 1.96 bits per heavy atom. The normalized spacial score (nSPS) is 20.7. The number of nitrogens with zero attached hydrogens (tertiary/aromatic N) is 3. The molecule has 2 aliphatic heterocycles. The van der Waals surface area contributed by atoms with Crippen LogP contribution < -0.4 is 5.32 Å². The standard InChI is InChI=1S/C20H34N4O3.HI/c1-4-26-17-7-9-24(10-8-17)20(21-3)22-15-18(19-6-5-16(2)27-19)23-11-13-25-14-12-23;/h5-6,17-18H,4,7-15H2,1-3H3,(H,21,22);1H. The molecule has 1 unspecified atom stereocenters. The van der Waals surface area contributed by atoms with E-state index < -0.39 is 0 Å². The first kappa shape index (κ1) is 23.4. The van der Waals surface area contributed by atoms with E-state index in [9.17, 15) is 0 Å². The number of piperidine rings is 1. The first-order valence-corrected chi connectivity index (χ1v) is 10.2. The predicted octanol–water partition coefficient (Wildman–Crippen LogP) is 2.66. The van der Waals surface area contributed by atoms with Gasteiger partial charge >= 0.3 is 0 Å². The maximum atomic E-state index is 5.96. The number of halogens is 1. The predicted molar refractivity (Wildman–Crippen MR) is 122 cm³/mol. The highest BCUT2D eigenvalue weighted by atomic mass is 127. The molecule has 1 atom stereocenters. The largest absolute Gasteiger partial charge is 0.465 e. The molecule has 160 valence electrons. The molecule has 3 rings (SSSR count). The Kier molecular flexibility index (Phi) is 10.0. The van der Waals surface area contributed by atoms with Crippen LogP contribution in [-0.4, -0.2) is 81.5 Å². The van der Waals surface area contributed by atoms with E-state index in [1.165, 1.54) is 0 Å². The van der Waals surface area contributed by atoms with Gasteiger partial charge in [0.2, 0.25) is 0 Å². The zero-order chi connectivity index (χ0) is 19.1. The summed E-state index contributed by atoms with van der Waals surface area (Å²) in [6.45, 7) is 11.0. The minimum Gasteiger partial charge on any atom is -0.465 e. The molecule has 2 fully saturated rings. The number of morpholine rings is 1. The minimum atomic E-state index is 0. The lowest BCUT2D eigenvalue weighted by Gasteiger charge is -2.36. The average Bonchev–Trinajstić information content (AvgIpc) is 3.13. The lowest BCUT2D eigenvalue weighted by atomic mass is 10.1. The Bertz CT molecular complexity index is 596. The maximum Gasteiger partial charge on any atom is 0.193 e. The third-order valence-corrected chi connectivity index (χ3v) is 5.39. The molecule has 2 saturated heterocycles. The highest BCUT2D eigenvalue weighted by Crippen LogP contribution is 2.23. The molecule has 0 spiro atoms. The van der Waals surface area contributed by atoms with Gasteiger partial charge in [-0.3, -0.25) is 9.89 Å². The van der Waals surface area contributed by atoms with Crippen molar-refractivity contribution in [2.45, 2.75) is 38.8 Å². The molecule has 28 heavy (non-hydrogen) atoms. The molecule has 1 aromatic rings. The van der Waals surface area contributed by atoms with E-state index in [4.69, 9.17) is 13.9 Å². The molecule has 0 aliphatic carbocycles. The van der Waals surface area contributed by atoms with E-state index in [1.54, 1.807) is 0 Å². The van der Waals surface area contributed by atoms with Crippen LogP contribution in [0, 0.1) is 6.92 Å². The van der Waals surface area contributed by atoms with Crippen LogP contribution in [0.3, 0.4) is 0 Å². The van der Waals surface area contributed by atoms with Gasteiger partial charge in [-0.05, 0) is 38.8 Å². The molecule has 1 N–H and O–H groups in total. The molecule has 0 radical (unpaired) electrons. The first-order chi connectivity index (χ1) is 13.2. The molecule has 1 aromatic heterocycles. The van der Waals surface area contributed by atoms with Crippen LogP contribution in [0.2, 0.25) is 0 Å². The summed E-state index contributed by atoms with van der Waals surface area (Å²) in [4.78, 5) is 9.28. The monoisotopic (exact) mass is 506 g/mol. The summed E-state index contributed by atoms with van der Waals surface area (Å²) in [5, 5.41) is 3.58. The van der Waals surface area contributed by atoms with Gasteiger partial charge in [-0.25, -0.2) is 0 Å². The number of aliphatic imine (C=N–C) groups is 1. The van der Waals surface area contributed by atoms with Crippen LogP contribution in [-0.2, 0) is 9.47 Å². The van der Waals surface area contributed by atoms with Crippen molar-refractivity contribution in [3.05, 3.63) is 23.7 Å². The molecular formula is C20H35IN4O3. The molecule has 8 heteroatoms. The second kappa shape index (κ2) is 12.0. The fraction of sp³-hybridized carbons (Fsp3) is 0.750. The van der Waals surface area contributed by atoms with Crippen molar-refractivity contribution >= 4 is 29.9 Å². The van der Waals surface area contributed by atoms with Crippen molar-refractivity contribution < 1.29 is 13.9 Å². The van der Waals surface area contributed by atoms with Crippen molar-refractivity contribution in [2.24, 2.45) is 4.99 Å². The number of likely N-dealkylation sites (tertiary alicyclic amines) is 1. The number of aryl methyl sites for hydroxylation is 1. The van der Waals surface area contributed by atoms with Crippen LogP contribution in [0.1, 0.15) is 37.3 Å². The number of hydrogen-bond donors (Lipinski definition) is 1. The molecular weight excluding hydrogens is 471 g/mol. The van der Waals surface area contributed by atoms with Crippen LogP contribution >= 0.6 is 24.0 Å². The number of furan rings is 1. The Balaban J connectivity index is 0.00000280. The lowest BCUT2D eigenvalue weighted by Crippen LogP contribution is -2.50. The van der Waals surface area contributed by atoms with Gasteiger partial charge in [-0.1, -0.05) is 0 Å². The van der Waals surface area contributed by atoms with Crippen LogP contribution in [0.5, 0.6) is 0 Å². The number of hydrogen-bond acceptors (Lipinski definition) is 5. The highest BCUT2D eigenvalue weighted by Gasteiger charge is 2.27. The molecule has 2 aliphatic rings. The molecule has 3 heterocycles. The van der Waals surface area contributed by atoms with Gasteiger partial charge in [0.05, 0.1) is 25.4 Å². The summed E-state index contributed by atoms with van der Waals surface area (Å²) in [7, 11) is 1.86. The van der Waals surface area contributed by atoms with Crippen molar-refractivity contribution in [2.75, 3.05) is 59.6 Å². The molecule has 0 bridgehead atoms. The van der Waals surface area contributed by atoms with E-state index >= 15 is 0 Å². The molecule has 0 aromatic carbocycles. The first-order valence-electron chi connectivity index (χ1n) is 10.2. The Morgan fingerprint density at radius 3 is 2.54 bits per heavy atom. The van der Waals surface area contributed by atoms with E-state index in [0.717, 1.165) is 82.9 Å². The van der Waals surface area contributed by atoms with Gasteiger partial charge < -0.3 is 24.1 Å². The smallest absolute Gasteiger partial charge is 0.193 e. The molecule has 0 amide bonds. The number of ether oxygens (including phenoxy) is 2. The topological polar surface area (TPSA) is 62.5 Å². The summed E-state index contributed by atoms with van der Waals surface area (Å²) in [5.41, 5.74) is 0. The number of guanidine groups is 1. The summed E-state index contributed by atoms with van der Waals surface area (Å²) in [6, 6.07) is 4.31. The highest BCUT2D eigenvalue weighted by molar-refractivity contribution is 14.0. The van der Waals surface area contributed by atoms with Crippen LogP contribution in [0.4, 0.5) is 0 Å². The van der Waals surface area contributed by atoms with Crippen LogP contribution in [0.15, 0.2) is 21.5 Å². The maximum absolute atomic E-state index is 5.96. The second-order valence-corrected chi connectivity index (χ2v) is 7.18. The van der Waals surface area contributed by atoms with E-state index in [1.807, 2.05) is 20.0 Å². The Labute approximate surface area is 185 Å². The van der Waals surface area contributed by atoms with E-state index in [2.05, 4.69) is 33.1 Å². The van der Waals surface area contributed by atoms with E-state index in [-0.39, 0.29) is 30.0 Å². The summed E-state index contributed by atoms with van der Waals surface area (Å²) in [5.74, 6) is 2.92. The van der Waals surface area contributed by atoms with E-state index in [0.29, 0.717) is 6.10 Å². The van der Waals surface area contributed by atoms with Gasteiger partial charge in [0, 0.05) is 46.4 Å². The number of rotatable bonds is 6. The van der Waals surface area contributed by atoms with Gasteiger partial charge in [-0.2, -0.15) is 0 Å². The molecule has 0 saturated carbocycles. The SMILES string of the molecule is CCOC1CCN(C(=NC)NCC(c2ccc(C)o2)N2CCOCC2)CC1.I. The van der Waals surface area contributed by atoms with Gasteiger partial charge in [-0.15, -0.1) is 24.0 Å². The summed E-state index contributed by atoms with van der Waals surface area (Å²) < 4.78 is 17.2. The lowest BCUT2D eigenvalue weighted by molar-refractivity contribution is 0.0119. The average molecular weight is 506 g/mol. The van der Waals surface area contributed by atoms with Gasteiger partial charge in [0.25, 0.3) is 0 Å². The van der Waals surface area contributed by atoms with Crippen molar-refractivity contribution in [3.63, 3.8) is 0 Å². The van der Waals surface area contributed by atoms with Crippen LogP contribution in [0.25, 0.3) is 0 Å². The Hall–Kier alpha value is -0.840. The van der Waals surface area contributed by atoms with Crippen molar-refractivity contribution in [3.8, 4) is 0 Å². The second-order valence-electron chi connectivity index (χ2n) is 7.18. The fourth-order valence-corrected chi connectivity index (χ4v) is 3.92. The zero-order valence-corrected chi connectivity index (χ0v) is 19.7. The third kappa shape index (κ3) is 6.33. The van der Waals surface area contributed by atoms with Crippen molar-refractivity contribution in [1.82, 2.24) is 15.1 Å². The fourth-order valence-electron chi connectivity index (χ4n) is 3.92. The molecule has 7 nitrogen and oxygen atoms in total. The van der Waals surface area contributed by atoms with Gasteiger partial charge in [0.15, 0.2) is 5.96 Å². The Morgan fingerprint density at radius 1 is 1.25 bits per heavy atom. The van der Waals surface area contributed by atoms with Crippen molar-refractivity contribution in [1.29, 1.82) is 0 Å². The quantitative estimate of drug-likeness (QED) is 0.364. The third-order valence-electron chi connectivity index (χ3n) is 5.39.